The predicted molar refractivity (Wildman–Crippen MR) is 109 cm³/mol. The Labute approximate surface area is 164 Å². The van der Waals surface area contributed by atoms with Gasteiger partial charge in [-0.2, -0.15) is 5.10 Å². The molecule has 1 aliphatic rings. The second-order valence-electron chi connectivity index (χ2n) is 7.45. The van der Waals surface area contributed by atoms with Gasteiger partial charge >= 0.3 is 5.69 Å². The maximum Gasteiger partial charge on any atom is 0.312 e. The first kappa shape index (κ1) is 18.6. The molecule has 0 spiro atoms. The molecule has 4 rings (SSSR count). The smallest absolute Gasteiger partial charge is 0.297 e. The van der Waals surface area contributed by atoms with E-state index >= 15 is 0 Å². The minimum atomic E-state index is -0.337. The second kappa shape index (κ2) is 7.69. The Bertz CT molecular complexity index is 1000. The van der Waals surface area contributed by atoms with Gasteiger partial charge in [-0.1, -0.05) is 42.5 Å². The fraction of sp³-hybridized carbons (Fsp3) is 0.381. The number of nitro groups is 1. The molecule has 1 aliphatic heterocycles. The highest BCUT2D eigenvalue weighted by Crippen LogP contribution is 2.23. The Balaban J connectivity index is 1.39. The minimum Gasteiger partial charge on any atom is -0.297 e. The Morgan fingerprint density at radius 3 is 2.39 bits per heavy atom. The summed E-state index contributed by atoms with van der Waals surface area (Å²) in [7, 11) is 0. The fourth-order valence-corrected chi connectivity index (χ4v) is 4.04. The molecule has 3 aromatic rings. The predicted octanol–water partition coefficient (Wildman–Crippen LogP) is 3.34. The molecular formula is C21H25N5O2. The van der Waals surface area contributed by atoms with Crippen LogP contribution in [-0.2, 0) is 13.2 Å². The van der Waals surface area contributed by atoms with E-state index in [0.717, 1.165) is 32.7 Å². The first-order valence-corrected chi connectivity index (χ1v) is 9.62. The van der Waals surface area contributed by atoms with E-state index in [1.807, 2.05) is 0 Å². The summed E-state index contributed by atoms with van der Waals surface area (Å²) in [5, 5.41) is 18.2. The van der Waals surface area contributed by atoms with Crippen LogP contribution in [0.5, 0.6) is 0 Å². The largest absolute Gasteiger partial charge is 0.312 e. The van der Waals surface area contributed by atoms with Crippen molar-refractivity contribution in [3.63, 3.8) is 0 Å². The molecule has 0 aliphatic carbocycles. The molecule has 7 nitrogen and oxygen atoms in total. The molecule has 0 radical (unpaired) electrons. The third-order valence-corrected chi connectivity index (χ3v) is 5.60. The Morgan fingerprint density at radius 1 is 1.00 bits per heavy atom. The van der Waals surface area contributed by atoms with Crippen LogP contribution in [0.2, 0.25) is 0 Å². The quantitative estimate of drug-likeness (QED) is 0.502. The molecule has 2 aromatic carbocycles. The third-order valence-electron chi connectivity index (χ3n) is 5.60. The van der Waals surface area contributed by atoms with Crippen molar-refractivity contribution in [2.24, 2.45) is 0 Å². The highest BCUT2D eigenvalue weighted by atomic mass is 16.6. The highest BCUT2D eigenvalue weighted by molar-refractivity contribution is 5.85. The van der Waals surface area contributed by atoms with Crippen molar-refractivity contribution in [3.8, 4) is 0 Å². The fourth-order valence-electron chi connectivity index (χ4n) is 4.04. The highest BCUT2D eigenvalue weighted by Gasteiger charge is 2.24. The molecule has 0 saturated carbocycles. The number of rotatable bonds is 5. The Hall–Kier alpha value is -2.77. The van der Waals surface area contributed by atoms with Gasteiger partial charge in [0.15, 0.2) is 0 Å². The molecule has 0 N–H and O–H groups in total. The van der Waals surface area contributed by atoms with Crippen molar-refractivity contribution >= 4 is 16.5 Å². The van der Waals surface area contributed by atoms with Crippen LogP contribution in [0.15, 0.2) is 42.5 Å². The van der Waals surface area contributed by atoms with E-state index < -0.39 is 0 Å². The van der Waals surface area contributed by atoms with Crippen LogP contribution in [0.1, 0.15) is 17.0 Å². The van der Waals surface area contributed by atoms with E-state index in [9.17, 15) is 10.1 Å². The molecule has 1 aromatic heterocycles. The number of aromatic nitrogens is 2. The van der Waals surface area contributed by atoms with Crippen molar-refractivity contribution in [2.45, 2.75) is 27.1 Å². The number of piperazine rings is 1. The number of aryl methyl sites for hydroxylation is 1. The van der Waals surface area contributed by atoms with Crippen LogP contribution in [0.25, 0.3) is 10.8 Å². The topological polar surface area (TPSA) is 67.4 Å². The summed E-state index contributed by atoms with van der Waals surface area (Å²) in [5.41, 5.74) is 2.60. The van der Waals surface area contributed by atoms with Crippen LogP contribution in [-0.4, -0.2) is 50.7 Å². The standard InChI is InChI=1S/C21H25N5O2/c1-16-21(26(27)28)17(2)25(22-16)15-24-12-10-23(11-13-24)14-19-8-5-7-18-6-3-4-9-20(18)19/h3-9H,10-15H2,1-2H3. The molecule has 7 heteroatoms. The zero-order valence-electron chi connectivity index (χ0n) is 16.3. The van der Waals surface area contributed by atoms with E-state index in [-0.39, 0.29) is 10.6 Å². The lowest BCUT2D eigenvalue weighted by Gasteiger charge is -2.34. The van der Waals surface area contributed by atoms with Gasteiger partial charge in [-0.05, 0) is 30.2 Å². The maximum atomic E-state index is 11.2. The summed E-state index contributed by atoms with van der Waals surface area (Å²) in [6.07, 6.45) is 0. The number of benzene rings is 2. The monoisotopic (exact) mass is 379 g/mol. The van der Waals surface area contributed by atoms with Gasteiger partial charge in [0.05, 0.1) is 11.6 Å². The molecular weight excluding hydrogens is 354 g/mol. The Morgan fingerprint density at radius 2 is 1.68 bits per heavy atom. The lowest BCUT2D eigenvalue weighted by atomic mass is 10.0. The van der Waals surface area contributed by atoms with E-state index in [2.05, 4.69) is 57.4 Å². The van der Waals surface area contributed by atoms with Crippen molar-refractivity contribution < 1.29 is 4.92 Å². The average molecular weight is 379 g/mol. The lowest BCUT2D eigenvalue weighted by molar-refractivity contribution is -0.386. The van der Waals surface area contributed by atoms with E-state index in [4.69, 9.17) is 0 Å². The van der Waals surface area contributed by atoms with Gasteiger partial charge in [0.25, 0.3) is 0 Å². The van der Waals surface area contributed by atoms with Gasteiger partial charge in [-0.3, -0.25) is 19.9 Å². The molecule has 0 atom stereocenters. The number of hydrogen-bond acceptors (Lipinski definition) is 5. The van der Waals surface area contributed by atoms with Crippen LogP contribution in [0.4, 0.5) is 5.69 Å². The van der Waals surface area contributed by atoms with Crippen molar-refractivity contribution in [1.82, 2.24) is 19.6 Å². The van der Waals surface area contributed by atoms with Crippen LogP contribution in [0, 0.1) is 24.0 Å². The minimum absolute atomic E-state index is 0.134. The van der Waals surface area contributed by atoms with Gasteiger partial charge in [0, 0.05) is 32.7 Å². The summed E-state index contributed by atoms with van der Waals surface area (Å²) in [4.78, 5) is 15.6. The summed E-state index contributed by atoms with van der Waals surface area (Å²) in [6.45, 7) is 8.82. The van der Waals surface area contributed by atoms with E-state index in [1.165, 1.54) is 16.3 Å². The van der Waals surface area contributed by atoms with E-state index in [0.29, 0.717) is 18.1 Å². The number of fused-ring (bicyclic) bond motifs is 1. The molecule has 0 unspecified atom stereocenters. The van der Waals surface area contributed by atoms with Crippen molar-refractivity contribution in [3.05, 3.63) is 69.5 Å². The summed E-state index contributed by atoms with van der Waals surface area (Å²) >= 11 is 0. The molecule has 146 valence electrons. The van der Waals surface area contributed by atoms with Gasteiger partial charge in [-0.15, -0.1) is 0 Å². The Kier molecular flexibility index (Phi) is 5.11. The normalized spacial score (nSPS) is 15.9. The van der Waals surface area contributed by atoms with Gasteiger partial charge in [0.1, 0.15) is 11.4 Å². The van der Waals surface area contributed by atoms with Crippen LogP contribution in [0.3, 0.4) is 0 Å². The van der Waals surface area contributed by atoms with Gasteiger partial charge in [-0.25, -0.2) is 4.68 Å². The van der Waals surface area contributed by atoms with Gasteiger partial charge < -0.3 is 0 Å². The van der Waals surface area contributed by atoms with Crippen LogP contribution < -0.4 is 0 Å². The molecule has 0 amide bonds. The maximum absolute atomic E-state index is 11.2. The molecule has 28 heavy (non-hydrogen) atoms. The number of hydrogen-bond donors (Lipinski definition) is 0. The zero-order chi connectivity index (χ0) is 19.7. The molecule has 1 fully saturated rings. The summed E-state index contributed by atoms with van der Waals surface area (Å²) in [5.74, 6) is 0. The summed E-state index contributed by atoms with van der Waals surface area (Å²) in [6, 6.07) is 15.0. The van der Waals surface area contributed by atoms with Crippen LogP contribution >= 0.6 is 0 Å². The summed E-state index contributed by atoms with van der Waals surface area (Å²) < 4.78 is 1.76. The van der Waals surface area contributed by atoms with Crippen molar-refractivity contribution in [2.75, 3.05) is 26.2 Å². The zero-order valence-corrected chi connectivity index (χ0v) is 16.3. The second-order valence-corrected chi connectivity index (χ2v) is 7.45. The third kappa shape index (κ3) is 3.63. The number of nitrogens with zero attached hydrogens (tertiary/aromatic N) is 5. The van der Waals surface area contributed by atoms with Crippen molar-refractivity contribution in [1.29, 1.82) is 0 Å². The van der Waals surface area contributed by atoms with Gasteiger partial charge in [0.2, 0.25) is 0 Å². The molecule has 2 heterocycles. The first-order valence-electron chi connectivity index (χ1n) is 9.62. The lowest BCUT2D eigenvalue weighted by Crippen LogP contribution is -2.46. The van der Waals surface area contributed by atoms with E-state index in [1.54, 1.807) is 18.5 Å². The molecule has 1 saturated heterocycles. The SMILES string of the molecule is Cc1nn(CN2CCN(Cc3cccc4ccccc34)CC2)c(C)c1[N+](=O)[O-]. The first-order chi connectivity index (χ1) is 13.5. The molecule has 0 bridgehead atoms. The average Bonchev–Trinajstić information content (AvgIpc) is 2.97.